The smallest absolute Gasteiger partial charge is 0.349 e. The summed E-state index contributed by atoms with van der Waals surface area (Å²) in [7, 11) is 0. The van der Waals surface area contributed by atoms with Gasteiger partial charge in [-0.15, -0.1) is 11.3 Å². The molecule has 0 radical (unpaired) electrons. The zero-order valence-electron chi connectivity index (χ0n) is 13.4. The summed E-state index contributed by atoms with van der Waals surface area (Å²) < 4.78 is 19.4. The van der Waals surface area contributed by atoms with Gasteiger partial charge in [-0.05, 0) is 38.5 Å². The molecule has 0 bridgehead atoms. The Morgan fingerprint density at radius 2 is 2.00 bits per heavy atom. The van der Waals surface area contributed by atoms with Crippen molar-refractivity contribution in [1.82, 2.24) is 10.6 Å². The first-order chi connectivity index (χ1) is 11.3. The summed E-state index contributed by atoms with van der Waals surface area (Å²) in [6.07, 6.45) is 0. The van der Waals surface area contributed by atoms with Gasteiger partial charge in [0, 0.05) is 16.1 Å². The molecule has 2 N–H and O–H groups in total. The number of urea groups is 1. The number of amides is 3. The third-order valence-corrected chi connectivity index (χ3v) is 4.33. The van der Waals surface area contributed by atoms with E-state index in [2.05, 4.69) is 5.32 Å². The van der Waals surface area contributed by atoms with Gasteiger partial charge in [-0.2, -0.15) is 0 Å². The molecule has 0 spiro atoms. The Balaban J connectivity index is 2.01. The number of benzene rings is 1. The summed E-state index contributed by atoms with van der Waals surface area (Å²) in [5.74, 6) is -1.89. The molecule has 0 aliphatic carbocycles. The number of carbonyl (C=O) groups is 3. The molecule has 0 aliphatic rings. The average molecular weight is 352 g/mol. The molecule has 0 saturated carbocycles. The molecule has 0 saturated heterocycles. The van der Waals surface area contributed by atoms with Crippen LogP contribution in [0.2, 0.25) is 0 Å². The van der Waals surface area contributed by atoms with E-state index in [-0.39, 0.29) is 10.9 Å². The van der Waals surface area contributed by atoms with Crippen LogP contribution in [-0.4, -0.2) is 30.6 Å². The molecule has 2 aromatic rings. The van der Waals surface area contributed by atoms with Gasteiger partial charge >= 0.3 is 12.0 Å². The minimum absolute atomic E-state index is 0.128. The highest BCUT2D eigenvalue weighted by atomic mass is 32.1. The Bertz CT molecular complexity index is 801. The van der Waals surface area contributed by atoms with Crippen molar-refractivity contribution in [3.63, 3.8) is 0 Å². The lowest BCUT2D eigenvalue weighted by Gasteiger charge is -2.09. The number of imide groups is 1. The van der Waals surface area contributed by atoms with Crippen LogP contribution in [0, 0.1) is 12.7 Å². The molecule has 1 aromatic carbocycles. The van der Waals surface area contributed by atoms with Crippen molar-refractivity contribution in [3.8, 4) is 0 Å². The van der Waals surface area contributed by atoms with Crippen molar-refractivity contribution in [1.29, 1.82) is 0 Å². The van der Waals surface area contributed by atoms with E-state index in [1.54, 1.807) is 32.9 Å². The van der Waals surface area contributed by atoms with Gasteiger partial charge < -0.3 is 10.1 Å². The largest absolute Gasteiger partial charge is 0.451 e. The maximum atomic E-state index is 13.8. The molecular weight excluding hydrogens is 335 g/mol. The molecule has 1 aromatic heterocycles. The number of thiophene rings is 1. The molecule has 1 heterocycles. The fraction of sp³-hybridized carbons (Fsp3) is 0.312. The van der Waals surface area contributed by atoms with Gasteiger partial charge in [-0.25, -0.2) is 14.0 Å². The Hall–Kier alpha value is -2.48. The highest BCUT2D eigenvalue weighted by molar-refractivity contribution is 7.21. The van der Waals surface area contributed by atoms with Crippen molar-refractivity contribution >= 4 is 39.3 Å². The summed E-state index contributed by atoms with van der Waals surface area (Å²) in [6, 6.07) is 3.79. The van der Waals surface area contributed by atoms with Crippen molar-refractivity contribution < 1.29 is 23.5 Å². The third kappa shape index (κ3) is 4.08. The van der Waals surface area contributed by atoms with Gasteiger partial charge in [0.2, 0.25) is 0 Å². The number of esters is 1. The van der Waals surface area contributed by atoms with E-state index in [1.165, 1.54) is 6.07 Å². The zero-order chi connectivity index (χ0) is 17.9. The van der Waals surface area contributed by atoms with Crippen LogP contribution in [0.4, 0.5) is 9.18 Å². The molecule has 2 rings (SSSR count). The Kier molecular flexibility index (Phi) is 5.50. The highest BCUT2D eigenvalue weighted by Gasteiger charge is 2.20. The van der Waals surface area contributed by atoms with E-state index in [1.807, 2.05) is 5.32 Å². The molecule has 0 unspecified atom stereocenters. The highest BCUT2D eigenvalue weighted by Crippen LogP contribution is 2.32. The number of carbonyl (C=O) groups excluding carboxylic acids is 3. The number of fused-ring (bicyclic) bond motifs is 1. The fourth-order valence-corrected chi connectivity index (χ4v) is 3.22. The van der Waals surface area contributed by atoms with E-state index in [4.69, 9.17) is 4.74 Å². The van der Waals surface area contributed by atoms with Crippen LogP contribution in [0.5, 0.6) is 0 Å². The summed E-state index contributed by atoms with van der Waals surface area (Å²) in [6.45, 7) is 4.51. The second kappa shape index (κ2) is 7.39. The molecule has 0 fully saturated rings. The van der Waals surface area contributed by atoms with Crippen LogP contribution in [0.1, 0.15) is 29.1 Å². The van der Waals surface area contributed by atoms with Gasteiger partial charge in [0.05, 0.1) is 0 Å². The maximum absolute atomic E-state index is 13.8. The van der Waals surface area contributed by atoms with Crippen LogP contribution < -0.4 is 10.6 Å². The van der Waals surface area contributed by atoms with Gasteiger partial charge in [-0.1, -0.05) is 6.07 Å². The van der Waals surface area contributed by atoms with Crippen molar-refractivity contribution in [2.45, 2.75) is 26.8 Å². The first kappa shape index (κ1) is 17.9. The van der Waals surface area contributed by atoms with E-state index < -0.39 is 30.3 Å². The lowest BCUT2D eigenvalue weighted by Crippen LogP contribution is -2.44. The standard InChI is InChI=1S/C16H17FN2O4S/c1-8(2)18-16(22)19-12(20)7-23-15(21)14-9(3)13-10(17)5-4-6-11(13)24-14/h4-6,8H,7H2,1-3H3,(H2,18,19,20,22). The number of hydrogen-bond acceptors (Lipinski definition) is 5. The lowest BCUT2D eigenvalue weighted by molar-refractivity contribution is -0.123. The van der Waals surface area contributed by atoms with E-state index in [0.717, 1.165) is 11.3 Å². The molecule has 24 heavy (non-hydrogen) atoms. The average Bonchev–Trinajstić information content (AvgIpc) is 2.82. The Labute approximate surface area is 142 Å². The second-order valence-electron chi connectivity index (χ2n) is 5.42. The quantitative estimate of drug-likeness (QED) is 0.829. The molecule has 128 valence electrons. The van der Waals surface area contributed by atoms with Crippen LogP contribution in [0.25, 0.3) is 10.1 Å². The SMILES string of the molecule is Cc1c(C(=O)OCC(=O)NC(=O)NC(C)C)sc2cccc(F)c12. The molecular formula is C16H17FN2O4S. The molecule has 8 heteroatoms. The summed E-state index contributed by atoms with van der Waals surface area (Å²) >= 11 is 1.09. The maximum Gasteiger partial charge on any atom is 0.349 e. The monoisotopic (exact) mass is 352 g/mol. The zero-order valence-corrected chi connectivity index (χ0v) is 14.3. The molecule has 3 amide bonds. The number of rotatable bonds is 4. The van der Waals surface area contributed by atoms with E-state index in [9.17, 15) is 18.8 Å². The van der Waals surface area contributed by atoms with Crippen molar-refractivity contribution in [3.05, 3.63) is 34.5 Å². The minimum atomic E-state index is -0.744. The Morgan fingerprint density at radius 1 is 1.29 bits per heavy atom. The van der Waals surface area contributed by atoms with Crippen LogP contribution in [0.15, 0.2) is 18.2 Å². The summed E-state index contributed by atoms with van der Waals surface area (Å²) in [4.78, 5) is 35.3. The van der Waals surface area contributed by atoms with E-state index >= 15 is 0 Å². The number of aryl methyl sites for hydroxylation is 1. The topological polar surface area (TPSA) is 84.5 Å². The van der Waals surface area contributed by atoms with E-state index in [0.29, 0.717) is 15.6 Å². The molecule has 0 aliphatic heterocycles. The number of halogens is 1. The Morgan fingerprint density at radius 3 is 2.62 bits per heavy atom. The lowest BCUT2D eigenvalue weighted by atomic mass is 10.1. The van der Waals surface area contributed by atoms with Gasteiger partial charge in [0.1, 0.15) is 10.7 Å². The first-order valence-corrected chi connectivity index (χ1v) is 8.06. The van der Waals surface area contributed by atoms with Crippen LogP contribution in [-0.2, 0) is 9.53 Å². The minimum Gasteiger partial charge on any atom is -0.451 e. The molecule has 6 nitrogen and oxygen atoms in total. The third-order valence-electron chi connectivity index (χ3n) is 3.10. The van der Waals surface area contributed by atoms with Crippen LogP contribution >= 0.6 is 11.3 Å². The summed E-state index contributed by atoms with van der Waals surface area (Å²) in [5.41, 5.74) is 0.469. The van der Waals surface area contributed by atoms with Crippen LogP contribution in [0.3, 0.4) is 0 Å². The fourth-order valence-electron chi connectivity index (χ4n) is 2.11. The van der Waals surface area contributed by atoms with Gasteiger partial charge in [0.25, 0.3) is 5.91 Å². The van der Waals surface area contributed by atoms with Crippen molar-refractivity contribution in [2.75, 3.05) is 6.61 Å². The van der Waals surface area contributed by atoms with Gasteiger partial charge in [-0.3, -0.25) is 10.1 Å². The number of hydrogen-bond donors (Lipinski definition) is 2. The predicted octanol–water partition coefficient (Wildman–Crippen LogP) is 2.74. The normalized spacial score (nSPS) is 10.7. The predicted molar refractivity (Wildman–Crippen MR) is 88.6 cm³/mol. The van der Waals surface area contributed by atoms with Crippen molar-refractivity contribution in [2.24, 2.45) is 0 Å². The second-order valence-corrected chi connectivity index (χ2v) is 6.47. The number of nitrogens with one attached hydrogen (secondary N) is 2. The first-order valence-electron chi connectivity index (χ1n) is 7.24. The molecule has 0 atom stereocenters. The number of ether oxygens (including phenoxy) is 1. The summed E-state index contributed by atoms with van der Waals surface area (Å²) in [5, 5.41) is 4.89. The van der Waals surface area contributed by atoms with Gasteiger partial charge in [0.15, 0.2) is 6.61 Å².